The Morgan fingerprint density at radius 2 is 2.45 bits per heavy atom. The lowest BCUT2D eigenvalue weighted by Crippen LogP contribution is -2.03. The predicted molar refractivity (Wildman–Crippen MR) is 43.4 cm³/mol. The molecule has 0 saturated heterocycles. The first-order valence-electron chi connectivity index (χ1n) is 3.33. The first-order chi connectivity index (χ1) is 5.29. The summed E-state index contributed by atoms with van der Waals surface area (Å²) in [6.45, 7) is 2.75. The van der Waals surface area contributed by atoms with Gasteiger partial charge in [-0.15, -0.1) is 5.10 Å². The maximum Gasteiger partial charge on any atom is 0.170 e. The largest absolute Gasteiger partial charge is 0.296 e. The molecule has 0 saturated carbocycles. The van der Waals surface area contributed by atoms with Gasteiger partial charge in [0.2, 0.25) is 0 Å². The molecule has 0 amide bonds. The zero-order valence-electron chi connectivity index (χ0n) is 6.12. The number of carbonyl (C=O) groups is 1. The maximum absolute atomic E-state index is 10.5. The molecule has 0 N–H and O–H groups in total. The number of carbonyl (C=O) groups excluding carboxylic acids is 1. The molecule has 0 bridgehead atoms. The second kappa shape index (κ2) is 3.61. The first-order valence-corrected chi connectivity index (χ1v) is 4.13. The maximum atomic E-state index is 10.5. The number of hydrogen-bond acceptors (Lipinski definition) is 3. The molecule has 0 unspecified atom stereocenters. The van der Waals surface area contributed by atoms with Gasteiger partial charge in [-0.25, -0.2) is 4.68 Å². The van der Waals surface area contributed by atoms with Gasteiger partial charge in [-0.05, 0) is 22.4 Å². The van der Waals surface area contributed by atoms with Crippen molar-refractivity contribution in [3.8, 4) is 0 Å². The van der Waals surface area contributed by atoms with Gasteiger partial charge in [-0.1, -0.05) is 12.1 Å². The molecule has 0 spiro atoms. The summed E-state index contributed by atoms with van der Waals surface area (Å²) in [5.74, 6) is 0. The fourth-order valence-electron chi connectivity index (χ4n) is 0.786. The summed E-state index contributed by atoms with van der Waals surface area (Å²) < 4.78 is 2.10. The molecule has 5 heteroatoms. The number of rotatable bonds is 3. The molecule has 60 valence electrons. The van der Waals surface area contributed by atoms with Gasteiger partial charge in [0.15, 0.2) is 10.9 Å². The average Bonchev–Trinajstić information content (AvgIpc) is 2.33. The Morgan fingerprint density at radius 1 is 1.73 bits per heavy atom. The molecule has 0 radical (unpaired) electrons. The summed E-state index contributed by atoms with van der Waals surface area (Å²) in [5.41, 5.74) is 0.506. The monoisotopic (exact) mass is 217 g/mol. The van der Waals surface area contributed by atoms with E-state index in [9.17, 15) is 4.79 Å². The van der Waals surface area contributed by atoms with Crippen molar-refractivity contribution in [2.45, 2.75) is 19.9 Å². The SMILES string of the molecule is CCCn1nnc(Br)c1C=O. The van der Waals surface area contributed by atoms with Crippen LogP contribution in [0.2, 0.25) is 0 Å². The van der Waals surface area contributed by atoms with Crippen molar-refractivity contribution in [1.82, 2.24) is 15.0 Å². The second-order valence-electron chi connectivity index (χ2n) is 2.11. The average molecular weight is 218 g/mol. The third-order valence-electron chi connectivity index (χ3n) is 1.28. The van der Waals surface area contributed by atoms with Crippen molar-refractivity contribution >= 4 is 22.2 Å². The third kappa shape index (κ3) is 1.65. The Morgan fingerprint density at radius 3 is 3.00 bits per heavy atom. The van der Waals surface area contributed by atoms with Crippen molar-refractivity contribution in [2.24, 2.45) is 0 Å². The Labute approximate surface area is 72.7 Å². The Hall–Kier alpha value is -0.710. The highest BCUT2D eigenvalue weighted by molar-refractivity contribution is 9.10. The highest BCUT2D eigenvalue weighted by Gasteiger charge is 2.07. The van der Waals surface area contributed by atoms with E-state index in [0.717, 1.165) is 19.3 Å². The molecule has 11 heavy (non-hydrogen) atoms. The van der Waals surface area contributed by atoms with Gasteiger partial charge in [0.05, 0.1) is 0 Å². The normalized spacial score (nSPS) is 10.0. The minimum atomic E-state index is 0.506. The van der Waals surface area contributed by atoms with E-state index in [1.54, 1.807) is 4.68 Å². The zero-order valence-corrected chi connectivity index (χ0v) is 7.71. The van der Waals surface area contributed by atoms with E-state index in [0.29, 0.717) is 10.3 Å². The third-order valence-corrected chi connectivity index (χ3v) is 1.84. The lowest BCUT2D eigenvalue weighted by atomic mass is 10.4. The van der Waals surface area contributed by atoms with Crippen LogP contribution in [0.4, 0.5) is 0 Å². The topological polar surface area (TPSA) is 47.8 Å². The minimum absolute atomic E-state index is 0.506. The van der Waals surface area contributed by atoms with Crippen LogP contribution in [0.25, 0.3) is 0 Å². The molecule has 4 nitrogen and oxygen atoms in total. The van der Waals surface area contributed by atoms with Crippen LogP contribution in [0, 0.1) is 0 Å². The van der Waals surface area contributed by atoms with Crippen molar-refractivity contribution < 1.29 is 4.79 Å². The molecule has 0 aliphatic carbocycles. The van der Waals surface area contributed by atoms with Crippen molar-refractivity contribution in [3.05, 3.63) is 10.3 Å². The molecule has 1 aromatic heterocycles. The predicted octanol–water partition coefficient (Wildman–Crippen LogP) is 1.26. The Balaban J connectivity index is 2.95. The van der Waals surface area contributed by atoms with Gasteiger partial charge in [-0.3, -0.25) is 4.79 Å². The molecule has 0 aliphatic rings. The fraction of sp³-hybridized carbons (Fsp3) is 0.500. The van der Waals surface area contributed by atoms with E-state index in [1.165, 1.54) is 0 Å². The van der Waals surface area contributed by atoms with Gasteiger partial charge in [-0.2, -0.15) is 0 Å². The van der Waals surface area contributed by atoms with E-state index >= 15 is 0 Å². The molecule has 0 aromatic carbocycles. The van der Waals surface area contributed by atoms with E-state index < -0.39 is 0 Å². The summed E-state index contributed by atoms with van der Waals surface area (Å²) in [7, 11) is 0. The fourth-order valence-corrected chi connectivity index (χ4v) is 1.15. The van der Waals surface area contributed by atoms with Crippen LogP contribution in [0.3, 0.4) is 0 Å². The highest BCUT2D eigenvalue weighted by Crippen LogP contribution is 2.09. The van der Waals surface area contributed by atoms with E-state index in [-0.39, 0.29) is 0 Å². The van der Waals surface area contributed by atoms with Crippen LogP contribution < -0.4 is 0 Å². The molecule has 1 aromatic rings. The highest BCUT2D eigenvalue weighted by atomic mass is 79.9. The van der Waals surface area contributed by atoms with Crippen LogP contribution in [0.15, 0.2) is 4.60 Å². The zero-order chi connectivity index (χ0) is 8.27. The number of hydrogen-bond donors (Lipinski definition) is 0. The van der Waals surface area contributed by atoms with Gasteiger partial charge < -0.3 is 0 Å². The summed E-state index contributed by atoms with van der Waals surface area (Å²) in [6, 6.07) is 0. The standard InChI is InChI=1S/C6H8BrN3O/c1-2-3-10-5(4-11)6(7)8-9-10/h4H,2-3H2,1H3. The van der Waals surface area contributed by atoms with Crippen LogP contribution in [-0.2, 0) is 6.54 Å². The van der Waals surface area contributed by atoms with Crippen molar-refractivity contribution in [3.63, 3.8) is 0 Å². The first kappa shape index (κ1) is 8.39. The van der Waals surface area contributed by atoms with E-state index in [4.69, 9.17) is 0 Å². The number of aldehydes is 1. The van der Waals surface area contributed by atoms with Crippen molar-refractivity contribution in [2.75, 3.05) is 0 Å². The number of aryl methyl sites for hydroxylation is 1. The lowest BCUT2D eigenvalue weighted by Gasteiger charge is -1.96. The van der Waals surface area contributed by atoms with Gasteiger partial charge in [0.25, 0.3) is 0 Å². The Bertz CT molecular complexity index is 258. The van der Waals surface area contributed by atoms with Gasteiger partial charge >= 0.3 is 0 Å². The van der Waals surface area contributed by atoms with Gasteiger partial charge in [0, 0.05) is 6.54 Å². The molecule has 1 heterocycles. The lowest BCUT2D eigenvalue weighted by molar-refractivity contribution is 0.111. The quantitative estimate of drug-likeness (QED) is 0.717. The summed E-state index contributed by atoms with van der Waals surface area (Å²) >= 11 is 3.12. The molecular weight excluding hydrogens is 210 g/mol. The van der Waals surface area contributed by atoms with Crippen molar-refractivity contribution in [1.29, 1.82) is 0 Å². The number of nitrogens with zero attached hydrogens (tertiary/aromatic N) is 3. The summed E-state index contributed by atoms with van der Waals surface area (Å²) in [5, 5.41) is 7.47. The van der Waals surface area contributed by atoms with E-state index in [1.807, 2.05) is 6.92 Å². The van der Waals surface area contributed by atoms with Crippen LogP contribution in [0.5, 0.6) is 0 Å². The minimum Gasteiger partial charge on any atom is -0.296 e. The molecule has 0 aliphatic heterocycles. The molecule has 0 fully saturated rings. The van der Waals surface area contributed by atoms with Gasteiger partial charge in [0.1, 0.15) is 5.69 Å². The van der Waals surface area contributed by atoms with Crippen LogP contribution >= 0.6 is 15.9 Å². The van der Waals surface area contributed by atoms with Crippen LogP contribution in [-0.4, -0.2) is 21.3 Å². The smallest absolute Gasteiger partial charge is 0.170 e. The van der Waals surface area contributed by atoms with E-state index in [2.05, 4.69) is 26.2 Å². The summed E-state index contributed by atoms with van der Waals surface area (Å²) in [4.78, 5) is 10.5. The number of halogens is 1. The second-order valence-corrected chi connectivity index (χ2v) is 2.86. The summed E-state index contributed by atoms with van der Waals surface area (Å²) in [6.07, 6.45) is 1.69. The molecule has 1 rings (SSSR count). The molecule has 0 atom stereocenters. The number of aromatic nitrogens is 3. The Kier molecular flexibility index (Phi) is 2.76. The molecular formula is C6H8BrN3O. The van der Waals surface area contributed by atoms with Crippen LogP contribution in [0.1, 0.15) is 23.8 Å².